The van der Waals surface area contributed by atoms with E-state index in [2.05, 4.69) is 0 Å². The molecule has 3 N–H and O–H groups in total. The van der Waals surface area contributed by atoms with Gasteiger partial charge in [0.2, 0.25) is 5.91 Å². The zero-order valence-electron chi connectivity index (χ0n) is 11.6. The van der Waals surface area contributed by atoms with Crippen molar-refractivity contribution in [2.75, 3.05) is 6.54 Å². The number of hydrogen-bond donors (Lipinski definition) is 2. The highest BCUT2D eigenvalue weighted by Gasteiger charge is 2.51. The number of halogens is 1. The number of aliphatic carboxylic acids is 1. The topological polar surface area (TPSA) is 113 Å². The maximum absolute atomic E-state index is 14.1. The number of carboxylic acid groups (broad SMARTS) is 1. The van der Waals surface area contributed by atoms with Crippen LogP contribution in [-0.2, 0) is 14.4 Å². The Hall–Kier alpha value is -2.16. The fourth-order valence-corrected chi connectivity index (χ4v) is 2.49. The van der Waals surface area contributed by atoms with E-state index in [4.69, 9.17) is 15.7 Å². The third-order valence-electron chi connectivity index (χ3n) is 3.60. The van der Waals surface area contributed by atoms with E-state index in [1.165, 1.54) is 6.92 Å². The Labute approximate surface area is 119 Å². The molecule has 0 saturated carbocycles. The van der Waals surface area contributed by atoms with Gasteiger partial charge < -0.3 is 15.7 Å². The molecule has 0 radical (unpaired) electrons. The molecule has 2 aliphatic rings. The molecule has 0 aromatic rings. The maximum Gasteiger partial charge on any atom is 0.371 e. The van der Waals surface area contributed by atoms with E-state index in [0.717, 1.165) is 4.90 Å². The van der Waals surface area contributed by atoms with Gasteiger partial charge in [-0.15, -0.1) is 0 Å². The van der Waals surface area contributed by atoms with Crippen LogP contribution in [0.25, 0.3) is 0 Å². The molecule has 2 rings (SSSR count). The number of carbonyl (C=O) groups is 3. The normalized spacial score (nSPS) is 27.4. The lowest BCUT2D eigenvalue weighted by molar-refractivity contribution is -0.273. The smallest absolute Gasteiger partial charge is 0.371 e. The van der Waals surface area contributed by atoms with Gasteiger partial charge in [0, 0.05) is 6.42 Å². The monoisotopic (exact) mass is 301 g/mol. The lowest BCUT2D eigenvalue weighted by Gasteiger charge is -2.27. The zero-order valence-corrected chi connectivity index (χ0v) is 11.6. The largest absolute Gasteiger partial charge is 0.477 e. The SMILES string of the molecule is CCC(F)(ON1C(=O)N2C[C@H]1C=C(C)[C@H]2C(N)=O)C(=O)O. The lowest BCUT2D eigenvalue weighted by Crippen LogP contribution is -2.49. The van der Waals surface area contributed by atoms with Gasteiger partial charge in [-0.2, -0.15) is 9.45 Å². The molecule has 116 valence electrons. The second-order valence-corrected chi connectivity index (χ2v) is 5.02. The van der Waals surface area contributed by atoms with Crippen molar-refractivity contribution in [3.8, 4) is 0 Å². The summed E-state index contributed by atoms with van der Waals surface area (Å²) in [6.45, 7) is 2.99. The lowest BCUT2D eigenvalue weighted by atomic mass is 10.0. The number of hydrogen-bond acceptors (Lipinski definition) is 4. The standard InChI is InChI=1S/C12H16FN3O5/c1-3-12(13,10(18)19)21-16-7-4-6(2)8(9(14)17)15(5-7)11(16)20/h4,7-8H,3,5H2,1-2H3,(H2,14,17)(H,18,19)/t7-,8+,12?/m1/s1. The van der Waals surface area contributed by atoms with E-state index in [1.807, 2.05) is 0 Å². The predicted molar refractivity (Wildman–Crippen MR) is 67.3 cm³/mol. The minimum atomic E-state index is -3.00. The number of carboxylic acids is 1. The number of amides is 3. The molecule has 3 atom stereocenters. The van der Waals surface area contributed by atoms with Crippen molar-refractivity contribution in [1.29, 1.82) is 0 Å². The first-order valence-electron chi connectivity index (χ1n) is 6.40. The molecule has 9 heteroatoms. The first-order valence-corrected chi connectivity index (χ1v) is 6.40. The van der Waals surface area contributed by atoms with Crippen LogP contribution >= 0.6 is 0 Å². The average molecular weight is 301 g/mol. The van der Waals surface area contributed by atoms with Crippen LogP contribution in [0, 0.1) is 0 Å². The van der Waals surface area contributed by atoms with E-state index in [9.17, 15) is 18.8 Å². The molecule has 2 bridgehead atoms. The highest BCUT2D eigenvalue weighted by Crippen LogP contribution is 2.32. The summed E-state index contributed by atoms with van der Waals surface area (Å²) in [6.07, 6.45) is 1.08. The zero-order chi connectivity index (χ0) is 15.9. The number of hydroxylamine groups is 2. The van der Waals surface area contributed by atoms with Crippen molar-refractivity contribution >= 4 is 17.9 Å². The van der Waals surface area contributed by atoms with Crippen LogP contribution in [0.15, 0.2) is 11.6 Å². The van der Waals surface area contributed by atoms with Crippen molar-refractivity contribution in [2.45, 2.75) is 38.2 Å². The van der Waals surface area contributed by atoms with Crippen LogP contribution in [0.4, 0.5) is 9.18 Å². The van der Waals surface area contributed by atoms with Gasteiger partial charge in [0.25, 0.3) is 0 Å². The van der Waals surface area contributed by atoms with Gasteiger partial charge in [-0.3, -0.25) is 4.79 Å². The molecule has 0 aliphatic carbocycles. The van der Waals surface area contributed by atoms with Gasteiger partial charge in [0.15, 0.2) is 0 Å². The Morgan fingerprint density at radius 1 is 1.62 bits per heavy atom. The van der Waals surface area contributed by atoms with Gasteiger partial charge in [0.05, 0.1) is 12.6 Å². The van der Waals surface area contributed by atoms with Crippen molar-refractivity contribution in [3.05, 3.63) is 11.6 Å². The van der Waals surface area contributed by atoms with Gasteiger partial charge in [-0.25, -0.2) is 14.4 Å². The number of fused-ring (bicyclic) bond motifs is 2. The third-order valence-corrected chi connectivity index (χ3v) is 3.60. The second-order valence-electron chi connectivity index (χ2n) is 5.02. The van der Waals surface area contributed by atoms with Crippen molar-refractivity contribution in [3.63, 3.8) is 0 Å². The molecule has 0 aromatic carbocycles. The summed E-state index contributed by atoms with van der Waals surface area (Å²) in [6, 6.07) is -2.37. The predicted octanol–water partition coefficient (Wildman–Crippen LogP) is -0.00160. The van der Waals surface area contributed by atoms with Gasteiger partial charge in [-0.1, -0.05) is 13.0 Å². The summed E-state index contributed by atoms with van der Waals surface area (Å²) >= 11 is 0. The third kappa shape index (κ3) is 2.33. The molecule has 1 saturated heterocycles. The molecule has 2 heterocycles. The van der Waals surface area contributed by atoms with Crippen LogP contribution < -0.4 is 5.73 Å². The van der Waals surface area contributed by atoms with E-state index in [0.29, 0.717) is 10.6 Å². The summed E-state index contributed by atoms with van der Waals surface area (Å²) in [4.78, 5) is 40.5. The number of primary amides is 1. The van der Waals surface area contributed by atoms with Crippen LogP contribution in [0.1, 0.15) is 20.3 Å². The van der Waals surface area contributed by atoms with Gasteiger partial charge >= 0.3 is 17.9 Å². The van der Waals surface area contributed by atoms with E-state index in [1.54, 1.807) is 13.0 Å². The molecule has 8 nitrogen and oxygen atoms in total. The average Bonchev–Trinajstić information content (AvgIpc) is 2.63. The Kier molecular flexibility index (Phi) is 3.62. The van der Waals surface area contributed by atoms with Crippen LogP contribution in [0.5, 0.6) is 0 Å². The van der Waals surface area contributed by atoms with E-state index < -0.39 is 42.3 Å². The van der Waals surface area contributed by atoms with Crippen LogP contribution in [0.2, 0.25) is 0 Å². The fraction of sp³-hybridized carbons (Fsp3) is 0.583. The Balaban J connectivity index is 2.28. The summed E-state index contributed by atoms with van der Waals surface area (Å²) in [5.74, 6) is -5.53. The molecule has 21 heavy (non-hydrogen) atoms. The minimum absolute atomic E-state index is 0.0865. The van der Waals surface area contributed by atoms with Crippen molar-refractivity contribution < 1.29 is 28.7 Å². The van der Waals surface area contributed by atoms with Crippen molar-refractivity contribution in [1.82, 2.24) is 9.96 Å². The molecule has 2 aliphatic heterocycles. The van der Waals surface area contributed by atoms with Crippen LogP contribution in [-0.4, -0.2) is 57.5 Å². The Morgan fingerprint density at radius 3 is 2.71 bits per heavy atom. The quantitative estimate of drug-likeness (QED) is 0.694. The fourth-order valence-electron chi connectivity index (χ4n) is 2.49. The van der Waals surface area contributed by atoms with Crippen molar-refractivity contribution in [2.24, 2.45) is 5.73 Å². The Morgan fingerprint density at radius 2 is 2.24 bits per heavy atom. The molecule has 0 spiro atoms. The number of rotatable bonds is 5. The highest BCUT2D eigenvalue weighted by molar-refractivity contribution is 5.90. The van der Waals surface area contributed by atoms with Crippen LogP contribution in [0.3, 0.4) is 0 Å². The van der Waals surface area contributed by atoms with E-state index in [-0.39, 0.29) is 6.54 Å². The summed E-state index contributed by atoms with van der Waals surface area (Å²) in [7, 11) is 0. The number of alkyl halides is 1. The molecular weight excluding hydrogens is 285 g/mol. The minimum Gasteiger partial charge on any atom is -0.477 e. The second kappa shape index (κ2) is 4.99. The summed E-state index contributed by atoms with van der Waals surface area (Å²) in [5.41, 5.74) is 5.79. The highest BCUT2D eigenvalue weighted by atomic mass is 19.2. The number of urea groups is 1. The van der Waals surface area contributed by atoms with E-state index >= 15 is 0 Å². The Bertz CT molecular complexity index is 537. The molecular formula is C12H16FN3O5. The van der Waals surface area contributed by atoms with Gasteiger partial charge in [-0.05, 0) is 12.5 Å². The summed E-state index contributed by atoms with van der Waals surface area (Å²) < 4.78 is 14.1. The molecule has 0 aromatic heterocycles. The first-order chi connectivity index (χ1) is 9.71. The van der Waals surface area contributed by atoms with Gasteiger partial charge in [0.1, 0.15) is 6.04 Å². The molecule has 1 unspecified atom stereocenters. The summed E-state index contributed by atoms with van der Waals surface area (Å²) in [5, 5.41) is 9.53. The first kappa shape index (κ1) is 15.2. The molecule has 1 fully saturated rings. The number of nitrogens with two attached hydrogens (primary N) is 1. The maximum atomic E-state index is 14.1. The number of carbonyl (C=O) groups excluding carboxylic acids is 2. The molecule has 3 amide bonds. The number of nitrogens with zero attached hydrogens (tertiary/aromatic N) is 2.